The van der Waals surface area contributed by atoms with Gasteiger partial charge in [-0.05, 0) is 34.1 Å². The number of rotatable bonds is 15. The maximum atomic E-state index is 12.7. The molecule has 0 saturated carbocycles. The lowest BCUT2D eigenvalue weighted by Crippen LogP contribution is -2.18. The van der Waals surface area contributed by atoms with E-state index in [9.17, 15) is 9.67 Å². The molecule has 0 aromatic heterocycles. The Labute approximate surface area is 143 Å². The Balaban J connectivity index is 3.95. The Kier molecular flexibility index (Phi) is 13.5. The first-order chi connectivity index (χ1) is 10.8. The summed E-state index contributed by atoms with van der Waals surface area (Å²) in [6.45, 7) is 9.46. The number of hydrogen-bond donors (Lipinski definition) is 1. The van der Waals surface area contributed by atoms with E-state index in [0.717, 1.165) is 12.8 Å². The van der Waals surface area contributed by atoms with Crippen LogP contribution in [0.15, 0.2) is 0 Å². The van der Waals surface area contributed by atoms with Crippen LogP contribution in [0, 0.1) is 0 Å². The summed E-state index contributed by atoms with van der Waals surface area (Å²) >= 11 is 0. The molecule has 0 bridgehead atoms. The van der Waals surface area contributed by atoms with Crippen molar-refractivity contribution in [1.82, 2.24) is 0 Å². The van der Waals surface area contributed by atoms with E-state index in [4.69, 9.17) is 9.05 Å². The van der Waals surface area contributed by atoms with E-state index in [1.165, 1.54) is 44.9 Å². The second kappa shape index (κ2) is 13.4. The third-order valence-electron chi connectivity index (χ3n) is 3.65. The quantitative estimate of drug-likeness (QED) is 0.279. The molecule has 23 heavy (non-hydrogen) atoms. The summed E-state index contributed by atoms with van der Waals surface area (Å²) in [6, 6.07) is 0. The standard InChI is InChI=1S/C18H39O4P/c1-6-7-8-9-10-11-12-13-14-15-18(19)23(20,21-16(2)3)22-17(4)5/h16-19H,6-15H2,1-5H3. The van der Waals surface area contributed by atoms with E-state index in [1.54, 1.807) is 0 Å². The molecule has 0 rings (SSSR count). The summed E-state index contributed by atoms with van der Waals surface area (Å²) in [6.07, 6.45) is 11.0. The van der Waals surface area contributed by atoms with Gasteiger partial charge in [-0.1, -0.05) is 64.7 Å². The molecule has 0 spiro atoms. The SMILES string of the molecule is CCCCCCCCCCCC(O)P(=O)(OC(C)C)OC(C)C. The second-order valence-electron chi connectivity index (χ2n) is 6.95. The van der Waals surface area contributed by atoms with Crippen molar-refractivity contribution in [3.8, 4) is 0 Å². The summed E-state index contributed by atoms with van der Waals surface area (Å²) in [5.41, 5.74) is 0. The van der Waals surface area contributed by atoms with Gasteiger partial charge < -0.3 is 14.2 Å². The molecular weight excluding hydrogens is 311 g/mol. The van der Waals surface area contributed by atoms with Gasteiger partial charge in [0.1, 0.15) is 0 Å². The lowest BCUT2D eigenvalue weighted by atomic mass is 10.1. The van der Waals surface area contributed by atoms with Gasteiger partial charge in [0.2, 0.25) is 0 Å². The van der Waals surface area contributed by atoms with Crippen LogP contribution in [0.25, 0.3) is 0 Å². The smallest absolute Gasteiger partial charge is 0.359 e. The molecule has 5 heteroatoms. The van der Waals surface area contributed by atoms with Crippen LogP contribution in [0.3, 0.4) is 0 Å². The van der Waals surface area contributed by atoms with Crippen molar-refractivity contribution in [1.29, 1.82) is 0 Å². The normalized spacial score (nSPS) is 13.9. The summed E-state index contributed by atoms with van der Waals surface area (Å²) in [7, 11) is -3.44. The fourth-order valence-corrected chi connectivity index (χ4v) is 4.55. The molecule has 0 aromatic carbocycles. The zero-order valence-corrected chi connectivity index (χ0v) is 16.8. The zero-order chi connectivity index (χ0) is 17.7. The average molecular weight is 350 g/mol. The summed E-state index contributed by atoms with van der Waals surface area (Å²) < 4.78 is 23.6. The lowest BCUT2D eigenvalue weighted by Gasteiger charge is -2.26. The fourth-order valence-electron chi connectivity index (χ4n) is 2.55. The van der Waals surface area contributed by atoms with Crippen molar-refractivity contribution in [2.24, 2.45) is 0 Å². The Morgan fingerprint density at radius 3 is 1.57 bits per heavy atom. The molecular formula is C18H39O4P. The highest BCUT2D eigenvalue weighted by molar-refractivity contribution is 7.54. The van der Waals surface area contributed by atoms with Crippen LogP contribution in [0.1, 0.15) is 98.8 Å². The molecule has 0 aliphatic carbocycles. The highest BCUT2D eigenvalue weighted by atomic mass is 31.2. The maximum absolute atomic E-state index is 12.7. The fraction of sp³-hybridized carbons (Fsp3) is 1.00. The number of hydrogen-bond acceptors (Lipinski definition) is 4. The van der Waals surface area contributed by atoms with Gasteiger partial charge in [-0.15, -0.1) is 0 Å². The van der Waals surface area contributed by atoms with E-state index in [2.05, 4.69) is 6.92 Å². The molecule has 1 N–H and O–H groups in total. The van der Waals surface area contributed by atoms with Gasteiger partial charge in [-0.2, -0.15) is 0 Å². The minimum absolute atomic E-state index is 0.225. The van der Waals surface area contributed by atoms with E-state index >= 15 is 0 Å². The van der Waals surface area contributed by atoms with Crippen molar-refractivity contribution in [3.63, 3.8) is 0 Å². The van der Waals surface area contributed by atoms with Crippen LogP contribution in [0.5, 0.6) is 0 Å². The maximum Gasteiger partial charge on any atom is 0.359 e. The van der Waals surface area contributed by atoms with Crippen molar-refractivity contribution in [2.75, 3.05) is 0 Å². The van der Waals surface area contributed by atoms with Gasteiger partial charge in [0.15, 0.2) is 5.85 Å². The molecule has 4 nitrogen and oxygen atoms in total. The first kappa shape index (κ1) is 23.1. The first-order valence-corrected chi connectivity index (χ1v) is 11.1. The lowest BCUT2D eigenvalue weighted by molar-refractivity contribution is 0.0972. The highest BCUT2D eigenvalue weighted by Gasteiger charge is 2.36. The van der Waals surface area contributed by atoms with Crippen LogP contribution in [-0.4, -0.2) is 23.2 Å². The molecule has 0 aromatic rings. The summed E-state index contributed by atoms with van der Waals surface area (Å²) in [5.74, 6) is -1.02. The molecule has 1 atom stereocenters. The van der Waals surface area contributed by atoms with Crippen molar-refractivity contribution >= 4 is 7.60 Å². The molecule has 140 valence electrons. The number of unbranched alkanes of at least 4 members (excludes halogenated alkanes) is 8. The van der Waals surface area contributed by atoms with Crippen LogP contribution < -0.4 is 0 Å². The number of aliphatic hydroxyl groups is 1. The van der Waals surface area contributed by atoms with Gasteiger partial charge in [0.05, 0.1) is 12.2 Å². The largest absolute Gasteiger partial charge is 0.380 e. The van der Waals surface area contributed by atoms with E-state index in [0.29, 0.717) is 6.42 Å². The number of aliphatic hydroxyl groups excluding tert-OH is 1. The van der Waals surface area contributed by atoms with Crippen molar-refractivity contribution in [3.05, 3.63) is 0 Å². The van der Waals surface area contributed by atoms with Gasteiger partial charge in [-0.3, -0.25) is 4.57 Å². The van der Waals surface area contributed by atoms with Gasteiger partial charge in [0, 0.05) is 0 Å². The molecule has 0 fully saturated rings. The summed E-state index contributed by atoms with van der Waals surface area (Å²) in [5, 5.41) is 10.3. The molecule has 0 amide bonds. The predicted octanol–water partition coefficient (Wildman–Crippen LogP) is 6.27. The van der Waals surface area contributed by atoms with Crippen molar-refractivity contribution in [2.45, 2.75) is 117 Å². The van der Waals surface area contributed by atoms with Gasteiger partial charge in [-0.25, -0.2) is 0 Å². The molecule has 1 unspecified atom stereocenters. The molecule has 0 heterocycles. The minimum Gasteiger partial charge on any atom is -0.380 e. The molecule has 0 aliphatic rings. The Morgan fingerprint density at radius 1 is 0.783 bits per heavy atom. The van der Waals surface area contributed by atoms with Crippen molar-refractivity contribution < 1.29 is 18.7 Å². The topological polar surface area (TPSA) is 55.8 Å². The van der Waals surface area contributed by atoms with Gasteiger partial charge >= 0.3 is 7.60 Å². The predicted molar refractivity (Wildman–Crippen MR) is 97.9 cm³/mol. The highest BCUT2D eigenvalue weighted by Crippen LogP contribution is 2.55. The summed E-state index contributed by atoms with van der Waals surface area (Å²) in [4.78, 5) is 0. The minimum atomic E-state index is -3.44. The Hall–Kier alpha value is 0.110. The van der Waals surface area contributed by atoms with Crippen LogP contribution in [0.4, 0.5) is 0 Å². The average Bonchev–Trinajstić information content (AvgIpc) is 2.43. The van der Waals surface area contributed by atoms with Crippen LogP contribution in [0.2, 0.25) is 0 Å². The molecule has 0 saturated heterocycles. The first-order valence-electron chi connectivity index (χ1n) is 9.46. The van der Waals surface area contributed by atoms with Crippen LogP contribution >= 0.6 is 7.60 Å². The van der Waals surface area contributed by atoms with E-state index in [-0.39, 0.29) is 12.2 Å². The monoisotopic (exact) mass is 350 g/mol. The third kappa shape index (κ3) is 12.2. The molecule has 0 radical (unpaired) electrons. The van der Waals surface area contributed by atoms with Gasteiger partial charge in [0.25, 0.3) is 0 Å². The Bertz CT molecular complexity index is 304. The zero-order valence-electron chi connectivity index (χ0n) is 15.9. The molecule has 0 aliphatic heterocycles. The third-order valence-corrected chi connectivity index (χ3v) is 6.07. The van der Waals surface area contributed by atoms with E-state index < -0.39 is 13.4 Å². The van der Waals surface area contributed by atoms with Crippen LogP contribution in [-0.2, 0) is 13.6 Å². The second-order valence-corrected chi connectivity index (χ2v) is 9.04. The Morgan fingerprint density at radius 2 is 1.17 bits per heavy atom. The van der Waals surface area contributed by atoms with E-state index in [1.807, 2.05) is 27.7 Å².